The van der Waals surface area contributed by atoms with Gasteiger partial charge in [0.15, 0.2) is 0 Å². The summed E-state index contributed by atoms with van der Waals surface area (Å²) >= 11 is 0. The Bertz CT molecular complexity index is 837. The number of rotatable bonds is 7. The van der Waals surface area contributed by atoms with Crippen molar-refractivity contribution in [3.63, 3.8) is 0 Å². The van der Waals surface area contributed by atoms with Crippen LogP contribution in [0.25, 0.3) is 0 Å². The van der Waals surface area contributed by atoms with Gasteiger partial charge in [-0.25, -0.2) is 0 Å². The van der Waals surface area contributed by atoms with E-state index in [9.17, 15) is 9.59 Å². The Balaban J connectivity index is 1.26. The van der Waals surface area contributed by atoms with Crippen LogP contribution in [0, 0.1) is 0 Å². The molecule has 0 aliphatic carbocycles. The Labute approximate surface area is 172 Å². The lowest BCUT2D eigenvalue weighted by Gasteiger charge is -2.20. The number of nitrogens with zero attached hydrogens (tertiary/aromatic N) is 2. The summed E-state index contributed by atoms with van der Waals surface area (Å²) in [5.41, 5.74) is 2.27. The van der Waals surface area contributed by atoms with Gasteiger partial charge in [0.05, 0.1) is 17.7 Å². The van der Waals surface area contributed by atoms with Gasteiger partial charge < -0.3 is 4.74 Å². The van der Waals surface area contributed by atoms with E-state index in [1.165, 1.54) is 49.2 Å². The molecule has 2 aliphatic heterocycles. The molecule has 0 unspecified atom stereocenters. The Kier molecular flexibility index (Phi) is 6.25. The van der Waals surface area contributed by atoms with Gasteiger partial charge in [0, 0.05) is 13.1 Å². The van der Waals surface area contributed by atoms with Crippen molar-refractivity contribution < 1.29 is 14.3 Å². The number of benzene rings is 2. The highest BCUT2D eigenvalue weighted by Gasteiger charge is 2.34. The summed E-state index contributed by atoms with van der Waals surface area (Å²) < 4.78 is 5.90. The maximum absolute atomic E-state index is 12.4. The number of ether oxygens (including phenoxy) is 1. The minimum atomic E-state index is -0.204. The molecule has 2 aromatic rings. The van der Waals surface area contributed by atoms with E-state index in [4.69, 9.17) is 4.74 Å². The lowest BCUT2D eigenvalue weighted by atomic mass is 10.1. The van der Waals surface area contributed by atoms with Crippen LogP contribution in [0.4, 0.5) is 0 Å². The van der Waals surface area contributed by atoms with Crippen molar-refractivity contribution in [3.05, 3.63) is 65.2 Å². The molecule has 5 nitrogen and oxygen atoms in total. The van der Waals surface area contributed by atoms with Crippen LogP contribution in [-0.4, -0.2) is 47.9 Å². The van der Waals surface area contributed by atoms with Gasteiger partial charge in [-0.1, -0.05) is 37.1 Å². The standard InChI is InChI=1S/C24H28N2O3/c27-23-21-11-3-4-12-22(21)24(28)26(23)15-8-16-29-20-10-7-9-19(17-20)18-25-13-5-1-2-6-14-25/h3-4,7,9-12,17H,1-2,5-6,8,13-16,18H2. The molecule has 1 fully saturated rings. The van der Waals surface area contributed by atoms with Crippen molar-refractivity contribution in [1.82, 2.24) is 9.80 Å². The molecule has 2 aliphatic rings. The van der Waals surface area contributed by atoms with Crippen LogP contribution in [-0.2, 0) is 6.54 Å². The fraction of sp³-hybridized carbons (Fsp3) is 0.417. The lowest BCUT2D eigenvalue weighted by Crippen LogP contribution is -2.31. The zero-order chi connectivity index (χ0) is 20.1. The van der Waals surface area contributed by atoms with Crippen molar-refractivity contribution in [1.29, 1.82) is 0 Å². The van der Waals surface area contributed by atoms with E-state index >= 15 is 0 Å². The summed E-state index contributed by atoms with van der Waals surface area (Å²) in [5.74, 6) is 0.440. The first-order valence-electron chi connectivity index (χ1n) is 10.6. The summed E-state index contributed by atoms with van der Waals surface area (Å²) in [5, 5.41) is 0. The monoisotopic (exact) mass is 392 g/mol. The number of amides is 2. The van der Waals surface area contributed by atoms with E-state index in [0.717, 1.165) is 12.3 Å². The molecule has 2 heterocycles. The van der Waals surface area contributed by atoms with Crippen molar-refractivity contribution in [3.8, 4) is 5.75 Å². The van der Waals surface area contributed by atoms with Crippen LogP contribution < -0.4 is 4.74 Å². The summed E-state index contributed by atoms with van der Waals surface area (Å²) in [6, 6.07) is 15.2. The van der Waals surface area contributed by atoms with E-state index in [-0.39, 0.29) is 11.8 Å². The maximum Gasteiger partial charge on any atom is 0.261 e. The molecule has 0 spiro atoms. The van der Waals surface area contributed by atoms with Crippen LogP contribution in [0.5, 0.6) is 5.75 Å². The first-order valence-corrected chi connectivity index (χ1v) is 10.6. The second kappa shape index (κ2) is 9.23. The van der Waals surface area contributed by atoms with E-state index in [1.807, 2.05) is 12.1 Å². The first-order chi connectivity index (χ1) is 14.2. The fourth-order valence-electron chi connectivity index (χ4n) is 4.14. The molecule has 0 saturated carbocycles. The number of hydrogen-bond donors (Lipinski definition) is 0. The van der Waals surface area contributed by atoms with Crippen molar-refractivity contribution in [2.75, 3.05) is 26.2 Å². The Hall–Kier alpha value is -2.66. The van der Waals surface area contributed by atoms with E-state index < -0.39 is 0 Å². The lowest BCUT2D eigenvalue weighted by molar-refractivity contribution is 0.0647. The molecule has 0 atom stereocenters. The average molecular weight is 392 g/mol. The molecule has 0 radical (unpaired) electrons. The topological polar surface area (TPSA) is 49.9 Å². The molecule has 0 aromatic heterocycles. The molecule has 2 aromatic carbocycles. The summed E-state index contributed by atoms with van der Waals surface area (Å²) in [4.78, 5) is 28.6. The molecule has 152 valence electrons. The molecule has 0 N–H and O–H groups in total. The highest BCUT2D eigenvalue weighted by atomic mass is 16.5. The minimum absolute atomic E-state index is 0.204. The Morgan fingerprint density at radius 2 is 1.52 bits per heavy atom. The minimum Gasteiger partial charge on any atom is -0.494 e. The Morgan fingerprint density at radius 1 is 0.828 bits per heavy atom. The smallest absolute Gasteiger partial charge is 0.261 e. The second-order valence-electron chi connectivity index (χ2n) is 7.85. The molecule has 2 amide bonds. The molecule has 29 heavy (non-hydrogen) atoms. The number of likely N-dealkylation sites (tertiary alicyclic amines) is 1. The number of carbonyl (C=O) groups is 2. The Morgan fingerprint density at radius 3 is 2.21 bits per heavy atom. The molecule has 5 heteroatoms. The van der Waals surface area contributed by atoms with E-state index in [1.54, 1.807) is 24.3 Å². The molecule has 4 rings (SSSR count). The molecule has 0 bridgehead atoms. The number of imide groups is 1. The predicted molar refractivity (Wildman–Crippen MR) is 112 cm³/mol. The number of fused-ring (bicyclic) bond motifs is 1. The summed E-state index contributed by atoms with van der Waals surface area (Å²) in [6.45, 7) is 4.16. The molecule has 1 saturated heterocycles. The largest absolute Gasteiger partial charge is 0.494 e. The van der Waals surface area contributed by atoms with Gasteiger partial charge >= 0.3 is 0 Å². The van der Waals surface area contributed by atoms with E-state index in [0.29, 0.717) is 30.7 Å². The van der Waals surface area contributed by atoms with Gasteiger partial charge in [-0.2, -0.15) is 0 Å². The van der Waals surface area contributed by atoms with Gasteiger partial charge in [-0.05, 0) is 62.2 Å². The second-order valence-corrected chi connectivity index (χ2v) is 7.85. The highest BCUT2D eigenvalue weighted by molar-refractivity contribution is 6.21. The third-order valence-electron chi connectivity index (χ3n) is 5.68. The third-order valence-corrected chi connectivity index (χ3v) is 5.68. The SMILES string of the molecule is O=C1c2ccccc2C(=O)N1CCCOc1cccc(CN2CCCCCC2)c1. The zero-order valence-electron chi connectivity index (χ0n) is 16.8. The number of carbonyl (C=O) groups excluding carboxylic acids is 2. The van der Waals surface area contributed by atoms with Gasteiger partial charge in [0.2, 0.25) is 0 Å². The first kappa shape index (κ1) is 19.6. The normalized spacial score (nSPS) is 17.3. The number of hydrogen-bond acceptors (Lipinski definition) is 4. The third kappa shape index (κ3) is 4.67. The van der Waals surface area contributed by atoms with Crippen LogP contribution >= 0.6 is 0 Å². The summed E-state index contributed by atoms with van der Waals surface area (Å²) in [7, 11) is 0. The highest BCUT2D eigenvalue weighted by Crippen LogP contribution is 2.23. The summed E-state index contributed by atoms with van der Waals surface area (Å²) in [6.07, 6.45) is 5.86. The predicted octanol–water partition coefficient (Wildman–Crippen LogP) is 4.13. The van der Waals surface area contributed by atoms with Gasteiger partial charge in [-0.15, -0.1) is 0 Å². The fourth-order valence-corrected chi connectivity index (χ4v) is 4.14. The zero-order valence-corrected chi connectivity index (χ0v) is 16.8. The van der Waals surface area contributed by atoms with E-state index in [2.05, 4.69) is 17.0 Å². The van der Waals surface area contributed by atoms with Crippen molar-refractivity contribution >= 4 is 11.8 Å². The molecular formula is C24H28N2O3. The maximum atomic E-state index is 12.4. The van der Waals surface area contributed by atoms with Crippen LogP contribution in [0.3, 0.4) is 0 Å². The van der Waals surface area contributed by atoms with Crippen molar-refractivity contribution in [2.45, 2.75) is 38.6 Å². The van der Waals surface area contributed by atoms with Crippen molar-refractivity contribution in [2.24, 2.45) is 0 Å². The van der Waals surface area contributed by atoms with Crippen LogP contribution in [0.2, 0.25) is 0 Å². The van der Waals surface area contributed by atoms with Gasteiger partial charge in [0.1, 0.15) is 5.75 Å². The van der Waals surface area contributed by atoms with Gasteiger partial charge in [0.25, 0.3) is 11.8 Å². The average Bonchev–Trinajstić information content (AvgIpc) is 2.90. The van der Waals surface area contributed by atoms with Crippen LogP contribution in [0.15, 0.2) is 48.5 Å². The molecular weight excluding hydrogens is 364 g/mol. The quantitative estimate of drug-likeness (QED) is 0.525. The van der Waals surface area contributed by atoms with Gasteiger partial charge in [-0.3, -0.25) is 19.4 Å². The van der Waals surface area contributed by atoms with Crippen LogP contribution in [0.1, 0.15) is 58.4 Å².